The van der Waals surface area contributed by atoms with Gasteiger partial charge in [-0.2, -0.15) is 0 Å². The van der Waals surface area contributed by atoms with E-state index in [1.165, 1.54) is 6.92 Å². The van der Waals surface area contributed by atoms with Crippen molar-refractivity contribution in [3.63, 3.8) is 0 Å². The van der Waals surface area contributed by atoms with E-state index in [-0.39, 0.29) is 24.8 Å². The summed E-state index contributed by atoms with van der Waals surface area (Å²) in [5, 5.41) is 11.4. The number of carbonyl (C=O) groups is 3. The maximum atomic E-state index is 11.5. The lowest BCUT2D eigenvalue weighted by atomic mass is 10.1. The number of benzene rings is 1. The Balaban J connectivity index is 2.18. The van der Waals surface area contributed by atoms with Gasteiger partial charge in [0.05, 0.1) is 6.54 Å². The van der Waals surface area contributed by atoms with Crippen molar-refractivity contribution in [1.29, 1.82) is 0 Å². The molecular formula is C13H14N2O4. The maximum Gasteiger partial charge on any atom is 0.328 e. The number of Topliss-reactive ketones (excluding diaryl/α,β-unsaturated/α-hetero) is 1. The normalized spacial score (nSPS) is 18.9. The van der Waals surface area contributed by atoms with Crippen LogP contribution >= 0.6 is 0 Å². The second kappa shape index (κ2) is 5.09. The zero-order valence-electron chi connectivity index (χ0n) is 10.4. The quantitative estimate of drug-likeness (QED) is 0.764. The summed E-state index contributed by atoms with van der Waals surface area (Å²) >= 11 is 0. The minimum absolute atomic E-state index is 0.0358. The molecule has 19 heavy (non-hydrogen) atoms. The number of ketones is 1. The Morgan fingerprint density at radius 1 is 1.32 bits per heavy atom. The Hall–Kier alpha value is -2.37. The maximum absolute atomic E-state index is 11.5. The number of rotatable bonds is 3. The van der Waals surface area contributed by atoms with E-state index >= 15 is 0 Å². The first-order valence-electron chi connectivity index (χ1n) is 5.85. The number of carbonyl (C=O) groups excluding carboxylic acids is 2. The molecule has 0 aliphatic carbocycles. The van der Waals surface area contributed by atoms with Gasteiger partial charge in [0.1, 0.15) is 6.04 Å². The molecule has 2 rings (SSSR count). The van der Waals surface area contributed by atoms with Crippen LogP contribution in [0.5, 0.6) is 0 Å². The highest BCUT2D eigenvalue weighted by Crippen LogP contribution is 2.17. The van der Waals surface area contributed by atoms with Gasteiger partial charge in [0.2, 0.25) is 5.91 Å². The van der Waals surface area contributed by atoms with Crippen molar-refractivity contribution >= 4 is 23.3 Å². The van der Waals surface area contributed by atoms with Gasteiger partial charge in [0, 0.05) is 17.8 Å². The third kappa shape index (κ3) is 2.90. The molecule has 1 unspecified atom stereocenters. The number of aliphatic carboxylic acids is 1. The monoisotopic (exact) mass is 262 g/mol. The molecule has 100 valence electrons. The van der Waals surface area contributed by atoms with Crippen molar-refractivity contribution in [2.24, 2.45) is 0 Å². The minimum Gasteiger partial charge on any atom is -0.480 e. The number of nitrogens with zero attached hydrogens (tertiary/aromatic N) is 1. The summed E-state index contributed by atoms with van der Waals surface area (Å²) in [5.41, 5.74) is 1.31. The summed E-state index contributed by atoms with van der Waals surface area (Å²) in [6.45, 7) is 1.80. The van der Waals surface area contributed by atoms with Crippen LogP contribution in [0.25, 0.3) is 0 Å². The van der Waals surface area contributed by atoms with Crippen LogP contribution in [-0.2, 0) is 9.59 Å². The van der Waals surface area contributed by atoms with E-state index in [1.54, 1.807) is 29.2 Å². The molecule has 1 fully saturated rings. The van der Waals surface area contributed by atoms with Gasteiger partial charge < -0.3 is 15.3 Å². The summed E-state index contributed by atoms with van der Waals surface area (Å²) in [6.07, 6.45) is 0. The number of carboxylic acid groups (broad SMARTS) is 1. The van der Waals surface area contributed by atoms with Gasteiger partial charge in [0.15, 0.2) is 5.78 Å². The fourth-order valence-electron chi connectivity index (χ4n) is 1.99. The van der Waals surface area contributed by atoms with Crippen LogP contribution < -0.4 is 10.2 Å². The molecule has 0 radical (unpaired) electrons. The molecule has 0 spiro atoms. The van der Waals surface area contributed by atoms with Gasteiger partial charge in [-0.25, -0.2) is 4.79 Å². The second-order valence-electron chi connectivity index (χ2n) is 4.44. The van der Waals surface area contributed by atoms with Gasteiger partial charge in [-0.3, -0.25) is 9.59 Å². The molecule has 1 aliphatic heterocycles. The fraction of sp³-hybridized carbons (Fsp3) is 0.308. The predicted molar refractivity (Wildman–Crippen MR) is 68.2 cm³/mol. The topological polar surface area (TPSA) is 86.7 Å². The predicted octanol–water partition coefficient (Wildman–Crippen LogP) is 0.279. The summed E-state index contributed by atoms with van der Waals surface area (Å²) in [5.74, 6) is -1.42. The van der Waals surface area contributed by atoms with Crippen LogP contribution in [-0.4, -0.2) is 41.9 Å². The number of hydrogen-bond acceptors (Lipinski definition) is 4. The van der Waals surface area contributed by atoms with Gasteiger partial charge in [0.25, 0.3) is 0 Å². The molecule has 1 aromatic carbocycles. The lowest BCUT2D eigenvalue weighted by molar-refractivity contribution is -0.142. The van der Waals surface area contributed by atoms with E-state index in [2.05, 4.69) is 5.32 Å². The van der Waals surface area contributed by atoms with Crippen LogP contribution in [0, 0.1) is 0 Å². The number of carboxylic acids is 1. The van der Waals surface area contributed by atoms with E-state index < -0.39 is 12.0 Å². The van der Waals surface area contributed by atoms with Crippen molar-refractivity contribution in [2.75, 3.05) is 18.0 Å². The number of hydrogen-bond donors (Lipinski definition) is 2. The number of anilines is 1. The Kier molecular flexibility index (Phi) is 3.50. The fourth-order valence-corrected chi connectivity index (χ4v) is 1.99. The van der Waals surface area contributed by atoms with E-state index in [1.807, 2.05) is 0 Å². The van der Waals surface area contributed by atoms with Crippen LogP contribution in [0.4, 0.5) is 5.69 Å². The summed E-state index contributed by atoms with van der Waals surface area (Å²) in [7, 11) is 0. The Bertz CT molecular complexity index is 524. The van der Waals surface area contributed by atoms with Crippen molar-refractivity contribution < 1.29 is 19.5 Å². The van der Waals surface area contributed by atoms with Crippen molar-refractivity contribution in [1.82, 2.24) is 5.32 Å². The molecule has 1 heterocycles. The Labute approximate surface area is 110 Å². The minimum atomic E-state index is -1.06. The highest BCUT2D eigenvalue weighted by molar-refractivity contribution is 5.94. The first-order chi connectivity index (χ1) is 8.97. The van der Waals surface area contributed by atoms with Crippen molar-refractivity contribution in [3.05, 3.63) is 29.8 Å². The third-order valence-electron chi connectivity index (χ3n) is 3.01. The summed E-state index contributed by atoms with van der Waals surface area (Å²) in [6, 6.07) is 5.86. The molecule has 2 N–H and O–H groups in total. The van der Waals surface area contributed by atoms with Crippen LogP contribution in [0.3, 0.4) is 0 Å². The molecule has 0 aromatic heterocycles. The largest absolute Gasteiger partial charge is 0.480 e. The van der Waals surface area contributed by atoms with Gasteiger partial charge in [-0.15, -0.1) is 0 Å². The lowest BCUT2D eigenvalue weighted by Crippen LogP contribution is -2.57. The van der Waals surface area contributed by atoms with Crippen LogP contribution in [0.2, 0.25) is 0 Å². The highest BCUT2D eigenvalue weighted by atomic mass is 16.4. The average molecular weight is 262 g/mol. The molecule has 1 saturated heterocycles. The first-order valence-corrected chi connectivity index (χ1v) is 5.85. The summed E-state index contributed by atoms with van der Waals surface area (Å²) < 4.78 is 0. The van der Waals surface area contributed by atoms with Crippen LogP contribution in [0.15, 0.2) is 24.3 Å². The number of piperazine rings is 1. The summed E-state index contributed by atoms with van der Waals surface area (Å²) in [4.78, 5) is 35.3. The smallest absolute Gasteiger partial charge is 0.328 e. The van der Waals surface area contributed by atoms with Gasteiger partial charge >= 0.3 is 5.97 Å². The lowest BCUT2D eigenvalue weighted by Gasteiger charge is -2.32. The molecule has 1 aliphatic rings. The zero-order chi connectivity index (χ0) is 14.0. The highest BCUT2D eigenvalue weighted by Gasteiger charge is 2.29. The van der Waals surface area contributed by atoms with E-state index in [0.29, 0.717) is 5.56 Å². The average Bonchev–Trinajstić information content (AvgIpc) is 2.38. The van der Waals surface area contributed by atoms with Crippen molar-refractivity contribution in [2.45, 2.75) is 13.0 Å². The molecule has 0 saturated carbocycles. The zero-order valence-corrected chi connectivity index (χ0v) is 10.4. The Morgan fingerprint density at radius 2 is 1.95 bits per heavy atom. The molecule has 6 nitrogen and oxygen atoms in total. The molecular weight excluding hydrogens is 248 g/mol. The molecule has 6 heteroatoms. The van der Waals surface area contributed by atoms with Crippen LogP contribution in [0.1, 0.15) is 17.3 Å². The van der Waals surface area contributed by atoms with Crippen molar-refractivity contribution in [3.8, 4) is 0 Å². The van der Waals surface area contributed by atoms with E-state index in [0.717, 1.165) is 5.69 Å². The van der Waals surface area contributed by atoms with E-state index in [9.17, 15) is 14.4 Å². The second-order valence-corrected chi connectivity index (χ2v) is 4.44. The Morgan fingerprint density at radius 3 is 2.47 bits per heavy atom. The molecule has 0 bridgehead atoms. The molecule has 1 atom stereocenters. The van der Waals surface area contributed by atoms with Gasteiger partial charge in [-0.1, -0.05) is 0 Å². The van der Waals surface area contributed by atoms with Gasteiger partial charge in [-0.05, 0) is 31.2 Å². The first kappa shape index (κ1) is 13.1. The molecule has 1 amide bonds. The number of amides is 1. The number of nitrogens with one attached hydrogen (secondary N) is 1. The third-order valence-corrected chi connectivity index (χ3v) is 3.01. The standard InChI is InChI=1S/C13H14N2O4/c1-8(16)9-2-4-10(5-3-9)15-6-11(13(18)19)14-12(17)7-15/h2-5,11H,6-7H2,1H3,(H,14,17)(H,18,19). The molecule has 1 aromatic rings. The SMILES string of the molecule is CC(=O)c1ccc(N2CC(=O)NC(C(=O)O)C2)cc1. The van der Waals surface area contributed by atoms with E-state index in [4.69, 9.17) is 5.11 Å².